The predicted molar refractivity (Wildman–Crippen MR) is 133 cm³/mol. The normalized spacial score (nSPS) is 33.7. The SMILES string of the molecule is CN1CC=C[C@]2(C)S[C@]34C=CCN(Cn5nnc6ccccc65)C(=O)C3N(CCO)C(=O)[C@@H]4[C@@H]2C1=O. The van der Waals surface area contributed by atoms with Crippen LogP contribution in [0.15, 0.2) is 48.6 Å². The monoisotopic (exact) mass is 508 g/mol. The second-order valence-electron chi connectivity index (χ2n) is 10.1. The first kappa shape index (κ1) is 23.2. The highest BCUT2D eigenvalue weighted by Gasteiger charge is 2.73. The Bertz CT molecular complexity index is 1320. The summed E-state index contributed by atoms with van der Waals surface area (Å²) in [5.41, 5.74) is 1.54. The first-order valence-electron chi connectivity index (χ1n) is 12.1. The van der Waals surface area contributed by atoms with Gasteiger partial charge in [0.05, 0.1) is 28.7 Å². The average molecular weight is 509 g/mol. The van der Waals surface area contributed by atoms with E-state index in [2.05, 4.69) is 10.3 Å². The van der Waals surface area contributed by atoms with E-state index in [1.54, 1.807) is 21.5 Å². The molecule has 188 valence electrons. The minimum atomic E-state index is -0.917. The number of carbonyl (C=O) groups excluding carboxylic acids is 3. The largest absolute Gasteiger partial charge is 0.395 e. The molecular weight excluding hydrogens is 480 g/mol. The van der Waals surface area contributed by atoms with E-state index in [1.165, 1.54) is 16.7 Å². The summed E-state index contributed by atoms with van der Waals surface area (Å²) in [5.74, 6) is -1.87. The molecule has 5 heterocycles. The zero-order valence-electron chi connectivity index (χ0n) is 20.1. The van der Waals surface area contributed by atoms with Crippen molar-refractivity contribution in [2.75, 3.05) is 33.3 Å². The standard InChI is InChI=1S/C25H28N6O4S/c1-24-9-5-11-28(2)21(33)18(24)19-22(34)30(13-14-32)20-23(35)29(12-6-10-25(19,20)36-24)15-31-17-8-4-3-7-16(17)26-27-31/h3-10,18-20,32H,11-15H2,1-2H3/t18-,19+,20?,24+,25+/m1/s1. The van der Waals surface area contributed by atoms with E-state index in [0.717, 1.165) is 11.0 Å². The van der Waals surface area contributed by atoms with Gasteiger partial charge in [-0.15, -0.1) is 16.9 Å². The topological polar surface area (TPSA) is 112 Å². The van der Waals surface area contributed by atoms with Crippen molar-refractivity contribution in [1.29, 1.82) is 0 Å². The molecule has 0 saturated carbocycles. The summed E-state index contributed by atoms with van der Waals surface area (Å²) in [5, 5.41) is 18.2. The third-order valence-corrected chi connectivity index (χ3v) is 9.70. The number of likely N-dealkylation sites (tertiary alicyclic amines) is 1. The maximum atomic E-state index is 14.2. The molecule has 0 radical (unpaired) electrons. The Balaban J connectivity index is 1.43. The van der Waals surface area contributed by atoms with E-state index in [4.69, 9.17) is 0 Å². The van der Waals surface area contributed by atoms with Gasteiger partial charge in [0.15, 0.2) is 0 Å². The van der Waals surface area contributed by atoms with Crippen LogP contribution < -0.4 is 0 Å². The highest BCUT2D eigenvalue weighted by atomic mass is 32.2. The number of carbonyl (C=O) groups is 3. The lowest BCUT2D eigenvalue weighted by Gasteiger charge is -2.36. The van der Waals surface area contributed by atoms with Crippen LogP contribution in [0.4, 0.5) is 0 Å². The molecule has 36 heavy (non-hydrogen) atoms. The second-order valence-corrected chi connectivity index (χ2v) is 11.8. The number of aliphatic hydroxyl groups excluding tert-OH is 1. The molecule has 1 aromatic carbocycles. The molecular formula is C25H28N6O4S. The number of para-hydroxylation sites is 1. The number of rotatable bonds is 4. The molecule has 4 aliphatic heterocycles. The van der Waals surface area contributed by atoms with Gasteiger partial charge in [0.2, 0.25) is 17.7 Å². The number of likely N-dealkylation sites (N-methyl/N-ethyl adjacent to an activating group) is 1. The van der Waals surface area contributed by atoms with E-state index in [0.29, 0.717) is 13.1 Å². The van der Waals surface area contributed by atoms with Crippen molar-refractivity contribution >= 4 is 40.5 Å². The highest BCUT2D eigenvalue weighted by molar-refractivity contribution is 8.02. The minimum Gasteiger partial charge on any atom is -0.395 e. The number of hydrogen-bond donors (Lipinski definition) is 1. The van der Waals surface area contributed by atoms with Gasteiger partial charge in [0.1, 0.15) is 18.2 Å². The lowest BCUT2D eigenvalue weighted by Crippen LogP contribution is -2.54. The number of β-amino-alcohol motifs (C(OH)–C–C–N with tert-alkyl or cyclic N) is 1. The maximum Gasteiger partial charge on any atom is 0.248 e. The van der Waals surface area contributed by atoms with E-state index < -0.39 is 27.4 Å². The van der Waals surface area contributed by atoms with Crippen LogP contribution in [0.1, 0.15) is 6.92 Å². The van der Waals surface area contributed by atoms with Crippen molar-refractivity contribution in [3.8, 4) is 0 Å². The van der Waals surface area contributed by atoms with Crippen molar-refractivity contribution < 1.29 is 19.5 Å². The number of nitrogens with zero attached hydrogens (tertiary/aromatic N) is 6. The van der Waals surface area contributed by atoms with Gasteiger partial charge in [0, 0.05) is 31.4 Å². The van der Waals surface area contributed by atoms with Crippen molar-refractivity contribution in [2.45, 2.75) is 29.1 Å². The molecule has 11 heteroatoms. The van der Waals surface area contributed by atoms with Crippen LogP contribution in [0.25, 0.3) is 11.0 Å². The van der Waals surface area contributed by atoms with Crippen molar-refractivity contribution in [2.24, 2.45) is 11.8 Å². The molecule has 10 nitrogen and oxygen atoms in total. The van der Waals surface area contributed by atoms with E-state index in [9.17, 15) is 19.5 Å². The molecule has 5 atom stereocenters. The number of hydrogen-bond acceptors (Lipinski definition) is 7. The molecule has 0 bridgehead atoms. The molecule has 1 unspecified atom stereocenters. The molecule has 4 aliphatic rings. The van der Waals surface area contributed by atoms with Gasteiger partial charge in [-0.25, -0.2) is 4.68 Å². The lowest BCUT2D eigenvalue weighted by molar-refractivity contribution is -0.145. The summed E-state index contributed by atoms with van der Waals surface area (Å²) in [7, 11) is 1.74. The van der Waals surface area contributed by atoms with Gasteiger partial charge in [-0.05, 0) is 19.1 Å². The first-order valence-corrected chi connectivity index (χ1v) is 12.9. The Morgan fingerprint density at radius 3 is 2.64 bits per heavy atom. The predicted octanol–water partition coefficient (Wildman–Crippen LogP) is 0.495. The van der Waals surface area contributed by atoms with Gasteiger partial charge >= 0.3 is 0 Å². The van der Waals surface area contributed by atoms with E-state index >= 15 is 0 Å². The van der Waals surface area contributed by atoms with Gasteiger partial charge in [-0.3, -0.25) is 14.4 Å². The zero-order chi connectivity index (χ0) is 25.2. The fraction of sp³-hybridized carbons (Fsp3) is 0.480. The third-order valence-electron chi connectivity index (χ3n) is 7.91. The number of benzene rings is 1. The number of thioether (sulfide) groups is 1. The van der Waals surface area contributed by atoms with Gasteiger partial charge < -0.3 is 19.8 Å². The van der Waals surface area contributed by atoms with Crippen LogP contribution >= 0.6 is 11.8 Å². The van der Waals surface area contributed by atoms with Crippen molar-refractivity contribution in [3.63, 3.8) is 0 Å². The Morgan fingerprint density at radius 2 is 1.83 bits per heavy atom. The number of aliphatic hydroxyl groups is 1. The lowest BCUT2D eigenvalue weighted by atomic mass is 9.74. The van der Waals surface area contributed by atoms with E-state index in [1.807, 2.05) is 55.5 Å². The summed E-state index contributed by atoms with van der Waals surface area (Å²) in [6.45, 7) is 2.75. The average Bonchev–Trinajstić information content (AvgIpc) is 3.38. The van der Waals surface area contributed by atoms with Crippen LogP contribution in [0.2, 0.25) is 0 Å². The summed E-state index contributed by atoms with van der Waals surface area (Å²) in [4.78, 5) is 46.5. The molecule has 1 spiro atoms. The Kier molecular flexibility index (Phi) is 5.27. The molecule has 6 rings (SSSR count). The smallest absolute Gasteiger partial charge is 0.248 e. The van der Waals surface area contributed by atoms with Gasteiger partial charge in [-0.2, -0.15) is 0 Å². The van der Waals surface area contributed by atoms with Crippen LogP contribution in [0.3, 0.4) is 0 Å². The van der Waals surface area contributed by atoms with Crippen molar-refractivity contribution in [3.05, 3.63) is 48.6 Å². The third kappa shape index (κ3) is 3.11. The van der Waals surface area contributed by atoms with E-state index in [-0.39, 0.29) is 37.5 Å². The van der Waals surface area contributed by atoms with Crippen LogP contribution in [-0.4, -0.2) is 101 Å². The maximum absolute atomic E-state index is 14.2. The quantitative estimate of drug-likeness (QED) is 0.599. The zero-order valence-corrected chi connectivity index (χ0v) is 21.0. The Hall–Kier alpha value is -3.18. The molecule has 2 fully saturated rings. The van der Waals surface area contributed by atoms with Crippen LogP contribution in [0, 0.1) is 11.8 Å². The van der Waals surface area contributed by atoms with Crippen molar-refractivity contribution in [1.82, 2.24) is 29.7 Å². The first-order chi connectivity index (χ1) is 17.3. The molecule has 2 saturated heterocycles. The molecule has 2 aromatic rings. The van der Waals surface area contributed by atoms with Crippen LogP contribution in [-0.2, 0) is 21.1 Å². The number of amides is 3. The molecule has 3 amide bonds. The highest BCUT2D eigenvalue weighted by Crippen LogP contribution is 2.65. The van der Waals surface area contributed by atoms with Gasteiger partial charge in [-0.1, -0.05) is 41.7 Å². The fourth-order valence-electron chi connectivity index (χ4n) is 6.35. The summed E-state index contributed by atoms with van der Waals surface area (Å²) in [6, 6.07) is 6.71. The Morgan fingerprint density at radius 1 is 1.06 bits per heavy atom. The summed E-state index contributed by atoms with van der Waals surface area (Å²) < 4.78 is 0.131. The molecule has 1 N–H and O–H groups in total. The Labute approximate surface area is 212 Å². The fourth-order valence-corrected chi connectivity index (χ4v) is 8.51. The molecule has 1 aromatic heterocycles. The number of fused-ring (bicyclic) bond motifs is 3. The second kappa shape index (κ2) is 8.17. The summed E-state index contributed by atoms with van der Waals surface area (Å²) in [6.07, 6.45) is 7.90. The number of aromatic nitrogens is 3. The summed E-state index contributed by atoms with van der Waals surface area (Å²) >= 11 is 1.53. The van der Waals surface area contributed by atoms with Gasteiger partial charge in [0.25, 0.3) is 0 Å². The van der Waals surface area contributed by atoms with Crippen LogP contribution in [0.5, 0.6) is 0 Å². The molecule has 0 aliphatic carbocycles. The minimum absolute atomic E-state index is 0.0330.